The fourth-order valence-electron chi connectivity index (χ4n) is 3.84. The molecule has 8 nitrogen and oxygen atoms in total. The van der Waals surface area contributed by atoms with E-state index in [-0.39, 0.29) is 12.1 Å². The topological polar surface area (TPSA) is 106 Å². The number of nitrogens with one attached hydrogen (secondary N) is 1. The van der Waals surface area contributed by atoms with Crippen molar-refractivity contribution in [2.24, 2.45) is 5.73 Å². The van der Waals surface area contributed by atoms with Gasteiger partial charge in [0.25, 0.3) is 5.91 Å². The molecule has 4 rings (SSSR count). The molecular formula is C20H25FN6O2. The van der Waals surface area contributed by atoms with Gasteiger partial charge in [-0.25, -0.2) is 14.4 Å². The van der Waals surface area contributed by atoms with Gasteiger partial charge in [0.05, 0.1) is 6.54 Å². The largest absolute Gasteiger partial charge is 0.474 e. The smallest absolute Gasteiger partial charge is 0.254 e. The van der Waals surface area contributed by atoms with Crippen molar-refractivity contribution >= 4 is 17.7 Å². The van der Waals surface area contributed by atoms with Crippen molar-refractivity contribution in [3.8, 4) is 5.88 Å². The van der Waals surface area contributed by atoms with Gasteiger partial charge in [-0.3, -0.25) is 4.79 Å². The molecule has 1 saturated heterocycles. The van der Waals surface area contributed by atoms with E-state index in [1.54, 1.807) is 24.5 Å². The zero-order chi connectivity index (χ0) is 20.2. The van der Waals surface area contributed by atoms with Crippen LogP contribution < -0.4 is 20.7 Å². The zero-order valence-corrected chi connectivity index (χ0v) is 16.1. The number of rotatable bonds is 6. The zero-order valence-electron chi connectivity index (χ0n) is 16.1. The lowest BCUT2D eigenvalue weighted by Gasteiger charge is -2.30. The number of halogens is 1. The maximum Gasteiger partial charge on any atom is 0.254 e. The summed E-state index contributed by atoms with van der Waals surface area (Å²) in [6.07, 6.45) is 6.48. The lowest BCUT2D eigenvalue weighted by Crippen LogP contribution is -2.32. The molecule has 3 heterocycles. The number of carbonyl (C=O) groups is 1. The van der Waals surface area contributed by atoms with Crippen molar-refractivity contribution in [2.45, 2.75) is 50.4 Å². The van der Waals surface area contributed by atoms with Crippen LogP contribution >= 0.6 is 0 Å². The highest BCUT2D eigenvalue weighted by molar-refractivity contribution is 5.94. The molecule has 2 aromatic rings. The van der Waals surface area contributed by atoms with Crippen molar-refractivity contribution in [1.29, 1.82) is 0 Å². The molecule has 2 fully saturated rings. The first-order valence-corrected chi connectivity index (χ1v) is 9.98. The summed E-state index contributed by atoms with van der Waals surface area (Å²) in [5.41, 5.74) is 5.69. The lowest BCUT2D eigenvalue weighted by atomic mass is 9.93. The van der Waals surface area contributed by atoms with Crippen molar-refractivity contribution in [2.75, 3.05) is 23.3 Å². The Morgan fingerprint density at radius 2 is 2.00 bits per heavy atom. The van der Waals surface area contributed by atoms with Crippen LogP contribution in [0.5, 0.6) is 5.88 Å². The quantitative estimate of drug-likeness (QED) is 0.766. The maximum absolute atomic E-state index is 13.4. The third kappa shape index (κ3) is 4.72. The Kier molecular flexibility index (Phi) is 5.73. The number of alkyl halides is 1. The number of aromatic nitrogens is 3. The number of nitrogens with two attached hydrogens (primary N) is 1. The van der Waals surface area contributed by atoms with Crippen LogP contribution in [0.15, 0.2) is 30.6 Å². The second kappa shape index (κ2) is 8.59. The standard InChI is InChI=1S/C20H25FN6O2/c21-13-8-11-27(12-13)20-24-10-7-17(26-20)25-14-3-5-15(6-4-14)29-19-16(18(22)28)2-1-9-23-19/h1-2,7,9-10,13-15H,3-6,8,11-12H2,(H2,22,28)(H,24,25,26)/t13-,14?,15?/m0/s1. The molecule has 9 heteroatoms. The Morgan fingerprint density at radius 3 is 2.72 bits per heavy atom. The summed E-state index contributed by atoms with van der Waals surface area (Å²) < 4.78 is 19.4. The van der Waals surface area contributed by atoms with Gasteiger partial charge in [0, 0.05) is 25.0 Å². The van der Waals surface area contributed by atoms with E-state index in [9.17, 15) is 9.18 Å². The fourth-order valence-corrected chi connectivity index (χ4v) is 3.84. The molecular weight excluding hydrogens is 375 g/mol. The Hall–Kier alpha value is -2.97. The number of primary amides is 1. The number of hydrogen-bond donors (Lipinski definition) is 2. The number of amides is 1. The fraction of sp³-hybridized carbons (Fsp3) is 0.500. The van der Waals surface area contributed by atoms with Gasteiger partial charge in [-0.15, -0.1) is 0 Å². The van der Waals surface area contributed by atoms with Crippen molar-refractivity contribution < 1.29 is 13.9 Å². The highest BCUT2D eigenvalue weighted by Crippen LogP contribution is 2.27. The molecule has 1 aliphatic heterocycles. The SMILES string of the molecule is NC(=O)c1cccnc1OC1CCC(Nc2ccnc(N3CC[C@H](F)C3)n2)CC1. The lowest BCUT2D eigenvalue weighted by molar-refractivity contribution is 0.0983. The van der Waals surface area contributed by atoms with Crippen molar-refractivity contribution in [3.05, 3.63) is 36.2 Å². The van der Waals surface area contributed by atoms with Gasteiger partial charge in [0.1, 0.15) is 23.7 Å². The first-order valence-electron chi connectivity index (χ1n) is 9.98. The molecule has 2 aromatic heterocycles. The van der Waals surface area contributed by atoms with E-state index in [1.807, 2.05) is 11.0 Å². The highest BCUT2D eigenvalue weighted by Gasteiger charge is 2.26. The van der Waals surface area contributed by atoms with E-state index in [1.165, 1.54) is 0 Å². The van der Waals surface area contributed by atoms with E-state index >= 15 is 0 Å². The summed E-state index contributed by atoms with van der Waals surface area (Å²) in [6.45, 7) is 1.00. The molecule has 29 heavy (non-hydrogen) atoms. The van der Waals surface area contributed by atoms with Gasteiger partial charge in [0.15, 0.2) is 0 Å². The number of hydrogen-bond acceptors (Lipinski definition) is 7. The van der Waals surface area contributed by atoms with Crippen LogP contribution in [-0.2, 0) is 0 Å². The van der Waals surface area contributed by atoms with E-state index in [0.29, 0.717) is 36.9 Å². The molecule has 2 aliphatic rings. The Bertz CT molecular complexity index is 858. The summed E-state index contributed by atoms with van der Waals surface area (Å²) in [5, 5.41) is 3.45. The van der Waals surface area contributed by atoms with Crippen LogP contribution in [-0.4, -0.2) is 52.3 Å². The Labute approximate surface area is 168 Å². The van der Waals surface area contributed by atoms with Crippen LogP contribution in [0.2, 0.25) is 0 Å². The van der Waals surface area contributed by atoms with E-state index in [2.05, 4.69) is 20.3 Å². The second-order valence-electron chi connectivity index (χ2n) is 7.53. The molecule has 0 bridgehead atoms. The molecule has 1 amide bonds. The minimum absolute atomic E-state index is 0.00639. The molecule has 0 unspecified atom stereocenters. The first-order chi connectivity index (χ1) is 14.1. The minimum atomic E-state index is -0.806. The highest BCUT2D eigenvalue weighted by atomic mass is 19.1. The van der Waals surface area contributed by atoms with Gasteiger partial charge in [0.2, 0.25) is 11.8 Å². The summed E-state index contributed by atoms with van der Waals surface area (Å²) in [4.78, 5) is 26.4. The van der Waals surface area contributed by atoms with E-state index in [0.717, 1.165) is 31.5 Å². The molecule has 0 spiro atoms. The molecule has 1 aliphatic carbocycles. The van der Waals surface area contributed by atoms with Crippen LogP contribution in [0.3, 0.4) is 0 Å². The predicted octanol–water partition coefficient (Wildman–Crippen LogP) is 2.32. The second-order valence-corrected chi connectivity index (χ2v) is 7.53. The van der Waals surface area contributed by atoms with Crippen molar-refractivity contribution in [3.63, 3.8) is 0 Å². The number of ether oxygens (including phenoxy) is 1. The van der Waals surface area contributed by atoms with Crippen LogP contribution in [0.25, 0.3) is 0 Å². The van der Waals surface area contributed by atoms with Gasteiger partial charge < -0.3 is 20.7 Å². The number of nitrogens with zero attached hydrogens (tertiary/aromatic N) is 4. The van der Waals surface area contributed by atoms with Crippen LogP contribution in [0, 0.1) is 0 Å². The third-order valence-corrected chi connectivity index (χ3v) is 5.40. The summed E-state index contributed by atoms with van der Waals surface area (Å²) in [5.74, 6) is 1.08. The van der Waals surface area contributed by atoms with Gasteiger partial charge in [-0.2, -0.15) is 4.98 Å². The van der Waals surface area contributed by atoms with Crippen LogP contribution in [0.1, 0.15) is 42.5 Å². The van der Waals surface area contributed by atoms with E-state index in [4.69, 9.17) is 10.5 Å². The molecule has 0 aromatic carbocycles. The minimum Gasteiger partial charge on any atom is -0.474 e. The number of anilines is 2. The molecule has 154 valence electrons. The number of carbonyl (C=O) groups excluding carboxylic acids is 1. The number of pyridine rings is 1. The molecule has 1 atom stereocenters. The summed E-state index contributed by atoms with van der Waals surface area (Å²) in [6, 6.07) is 5.39. The first kappa shape index (κ1) is 19.4. The van der Waals surface area contributed by atoms with Gasteiger partial charge in [-0.05, 0) is 50.3 Å². The Balaban J connectivity index is 1.31. The molecule has 1 saturated carbocycles. The van der Waals surface area contributed by atoms with Gasteiger partial charge >= 0.3 is 0 Å². The maximum atomic E-state index is 13.4. The molecule has 3 N–H and O–H groups in total. The van der Waals surface area contributed by atoms with Gasteiger partial charge in [-0.1, -0.05) is 0 Å². The average molecular weight is 400 g/mol. The summed E-state index contributed by atoms with van der Waals surface area (Å²) >= 11 is 0. The van der Waals surface area contributed by atoms with E-state index < -0.39 is 12.1 Å². The average Bonchev–Trinajstić information content (AvgIpc) is 3.16. The normalized spacial score (nSPS) is 24.3. The Morgan fingerprint density at radius 1 is 1.17 bits per heavy atom. The van der Waals surface area contributed by atoms with Crippen molar-refractivity contribution in [1.82, 2.24) is 15.0 Å². The van der Waals surface area contributed by atoms with Crippen LogP contribution in [0.4, 0.5) is 16.2 Å². The predicted molar refractivity (Wildman–Crippen MR) is 107 cm³/mol. The monoisotopic (exact) mass is 400 g/mol. The molecule has 0 radical (unpaired) electrons. The summed E-state index contributed by atoms with van der Waals surface area (Å²) in [7, 11) is 0. The third-order valence-electron chi connectivity index (χ3n) is 5.40.